The van der Waals surface area contributed by atoms with Gasteiger partial charge in [-0.2, -0.15) is 0 Å². The molecular weight excluding hydrogens is 332 g/mol. The largest absolute Gasteiger partial charge is 0.462 e. The van der Waals surface area contributed by atoms with Crippen LogP contribution in [0.3, 0.4) is 0 Å². The summed E-state index contributed by atoms with van der Waals surface area (Å²) in [7, 11) is 0. The fourth-order valence-electron chi connectivity index (χ4n) is 3.73. The SMILES string of the molecule is CCOC(=O)c1cc(NC(=S)N[C@H]2C[C@H]3CC[C@@H]2C3)ccc1Cl. The Hall–Kier alpha value is -1.33. The molecule has 6 heteroatoms. The third-order valence-electron chi connectivity index (χ3n) is 4.77. The molecule has 0 aliphatic heterocycles. The number of fused-ring (bicyclic) bond motifs is 2. The van der Waals surface area contributed by atoms with Crippen LogP contribution in [0.25, 0.3) is 0 Å². The van der Waals surface area contributed by atoms with Crippen LogP contribution in [0.2, 0.25) is 5.02 Å². The molecule has 23 heavy (non-hydrogen) atoms. The first-order valence-electron chi connectivity index (χ1n) is 8.11. The molecule has 0 heterocycles. The van der Waals surface area contributed by atoms with Gasteiger partial charge in [0.05, 0.1) is 17.2 Å². The summed E-state index contributed by atoms with van der Waals surface area (Å²) < 4.78 is 5.01. The summed E-state index contributed by atoms with van der Waals surface area (Å²) in [6.07, 6.45) is 5.21. The van der Waals surface area contributed by atoms with Crippen molar-refractivity contribution >= 4 is 40.6 Å². The summed E-state index contributed by atoms with van der Waals surface area (Å²) in [5.41, 5.74) is 1.08. The standard InChI is InChI=1S/C17H21ClN2O2S/c1-2-22-16(21)13-9-12(5-6-14(13)18)19-17(23)20-15-8-10-3-4-11(15)7-10/h5-6,9-11,15H,2-4,7-8H2,1H3,(H2,19,20,23)/t10-,11+,15-/m0/s1. The Labute approximate surface area is 146 Å². The minimum Gasteiger partial charge on any atom is -0.462 e. The van der Waals surface area contributed by atoms with Gasteiger partial charge in [-0.25, -0.2) is 4.79 Å². The highest BCUT2D eigenvalue weighted by atomic mass is 35.5. The Bertz CT molecular complexity index is 623. The fraction of sp³-hybridized carbons (Fsp3) is 0.529. The summed E-state index contributed by atoms with van der Waals surface area (Å²) >= 11 is 11.5. The van der Waals surface area contributed by atoms with Gasteiger partial charge in [0.25, 0.3) is 0 Å². The van der Waals surface area contributed by atoms with Crippen LogP contribution < -0.4 is 10.6 Å². The second-order valence-electron chi connectivity index (χ2n) is 6.29. The molecule has 124 valence electrons. The van der Waals surface area contributed by atoms with Crippen molar-refractivity contribution in [1.29, 1.82) is 0 Å². The van der Waals surface area contributed by atoms with Crippen LogP contribution >= 0.6 is 23.8 Å². The van der Waals surface area contributed by atoms with Crippen LogP contribution in [-0.4, -0.2) is 23.7 Å². The number of ether oxygens (including phenoxy) is 1. The van der Waals surface area contributed by atoms with E-state index in [1.54, 1.807) is 25.1 Å². The van der Waals surface area contributed by atoms with Gasteiger partial charge in [-0.1, -0.05) is 18.0 Å². The highest BCUT2D eigenvalue weighted by Crippen LogP contribution is 2.44. The first-order valence-corrected chi connectivity index (χ1v) is 8.89. The third-order valence-corrected chi connectivity index (χ3v) is 5.32. The van der Waals surface area contributed by atoms with Crippen LogP contribution in [0.4, 0.5) is 5.69 Å². The van der Waals surface area contributed by atoms with Crippen molar-refractivity contribution in [1.82, 2.24) is 5.32 Å². The number of carbonyl (C=O) groups excluding carboxylic acids is 1. The molecule has 1 aromatic rings. The molecule has 0 radical (unpaired) electrons. The summed E-state index contributed by atoms with van der Waals surface area (Å²) in [5, 5.41) is 7.54. The van der Waals surface area contributed by atoms with E-state index in [1.807, 2.05) is 0 Å². The van der Waals surface area contributed by atoms with Gasteiger partial charge in [-0.15, -0.1) is 0 Å². The minimum absolute atomic E-state index is 0.316. The Kier molecular flexibility index (Phi) is 5.07. The number of nitrogens with one attached hydrogen (secondary N) is 2. The van der Waals surface area contributed by atoms with E-state index < -0.39 is 5.97 Å². The summed E-state index contributed by atoms with van der Waals surface area (Å²) in [5.74, 6) is 1.19. The molecule has 3 atom stereocenters. The Balaban J connectivity index is 1.62. The van der Waals surface area contributed by atoms with E-state index in [0.717, 1.165) is 17.5 Å². The van der Waals surface area contributed by atoms with E-state index in [0.29, 0.717) is 28.3 Å². The van der Waals surface area contributed by atoms with Gasteiger partial charge in [-0.05, 0) is 68.4 Å². The Morgan fingerprint density at radius 3 is 2.87 bits per heavy atom. The van der Waals surface area contributed by atoms with Crippen molar-refractivity contribution in [2.24, 2.45) is 11.8 Å². The van der Waals surface area contributed by atoms with Crippen LogP contribution in [0.1, 0.15) is 43.0 Å². The lowest BCUT2D eigenvalue weighted by Crippen LogP contribution is -2.40. The molecule has 2 bridgehead atoms. The molecule has 3 rings (SSSR count). The number of esters is 1. The maximum absolute atomic E-state index is 11.9. The van der Waals surface area contributed by atoms with Gasteiger partial charge >= 0.3 is 5.97 Å². The van der Waals surface area contributed by atoms with Crippen molar-refractivity contribution in [3.63, 3.8) is 0 Å². The molecule has 0 saturated heterocycles. The average molecular weight is 353 g/mol. The molecule has 0 amide bonds. The second kappa shape index (κ2) is 7.05. The zero-order valence-corrected chi connectivity index (χ0v) is 14.7. The lowest BCUT2D eigenvalue weighted by molar-refractivity contribution is 0.0526. The number of hydrogen-bond donors (Lipinski definition) is 2. The van der Waals surface area contributed by atoms with Crippen molar-refractivity contribution in [2.75, 3.05) is 11.9 Å². The molecule has 2 fully saturated rings. The van der Waals surface area contributed by atoms with Gasteiger partial charge in [-0.3, -0.25) is 0 Å². The number of thiocarbonyl (C=S) groups is 1. The first kappa shape index (κ1) is 16.5. The summed E-state index contributed by atoms with van der Waals surface area (Å²) in [6, 6.07) is 5.64. The maximum Gasteiger partial charge on any atom is 0.339 e. The molecule has 0 unspecified atom stereocenters. The first-order chi connectivity index (χ1) is 11.1. The molecule has 1 aromatic carbocycles. The van der Waals surface area contributed by atoms with E-state index in [-0.39, 0.29) is 0 Å². The zero-order valence-electron chi connectivity index (χ0n) is 13.1. The Morgan fingerprint density at radius 2 is 2.22 bits per heavy atom. The third kappa shape index (κ3) is 3.78. The topological polar surface area (TPSA) is 50.4 Å². The van der Waals surface area contributed by atoms with Gasteiger partial charge in [0, 0.05) is 11.7 Å². The highest BCUT2D eigenvalue weighted by Gasteiger charge is 2.39. The van der Waals surface area contributed by atoms with Crippen molar-refractivity contribution in [3.05, 3.63) is 28.8 Å². The fourth-order valence-corrected chi connectivity index (χ4v) is 4.19. The highest BCUT2D eigenvalue weighted by molar-refractivity contribution is 7.80. The van der Waals surface area contributed by atoms with Gasteiger partial charge in [0.1, 0.15) is 0 Å². The van der Waals surface area contributed by atoms with E-state index >= 15 is 0 Å². The van der Waals surface area contributed by atoms with Gasteiger partial charge in [0.15, 0.2) is 5.11 Å². The number of anilines is 1. The molecular formula is C17H21ClN2O2S. The molecule has 2 aliphatic rings. The van der Waals surface area contributed by atoms with Gasteiger partial charge < -0.3 is 15.4 Å². The van der Waals surface area contributed by atoms with Crippen LogP contribution in [0.15, 0.2) is 18.2 Å². The predicted octanol–water partition coefficient (Wildman–Crippen LogP) is 3.99. The maximum atomic E-state index is 11.9. The van der Waals surface area contributed by atoms with Crippen LogP contribution in [0.5, 0.6) is 0 Å². The number of benzene rings is 1. The molecule has 2 aliphatic carbocycles. The van der Waals surface area contributed by atoms with E-state index in [4.69, 9.17) is 28.6 Å². The van der Waals surface area contributed by atoms with Crippen molar-refractivity contribution < 1.29 is 9.53 Å². The van der Waals surface area contributed by atoms with Crippen molar-refractivity contribution in [3.8, 4) is 0 Å². The minimum atomic E-state index is -0.423. The molecule has 0 spiro atoms. The smallest absolute Gasteiger partial charge is 0.339 e. The average Bonchev–Trinajstić information content (AvgIpc) is 3.12. The summed E-state index contributed by atoms with van der Waals surface area (Å²) in [4.78, 5) is 11.9. The molecule has 0 aromatic heterocycles. The second-order valence-corrected chi connectivity index (χ2v) is 7.11. The molecule has 4 nitrogen and oxygen atoms in total. The number of rotatable bonds is 4. The number of carbonyl (C=O) groups is 1. The molecule has 2 N–H and O–H groups in total. The number of halogens is 1. The normalized spacial score (nSPS) is 25.2. The van der Waals surface area contributed by atoms with E-state index in [1.165, 1.54) is 25.7 Å². The van der Waals surface area contributed by atoms with Crippen LogP contribution in [0, 0.1) is 11.8 Å². The van der Waals surface area contributed by atoms with E-state index in [2.05, 4.69) is 10.6 Å². The van der Waals surface area contributed by atoms with Gasteiger partial charge in [0.2, 0.25) is 0 Å². The number of hydrogen-bond acceptors (Lipinski definition) is 3. The summed E-state index contributed by atoms with van der Waals surface area (Å²) in [6.45, 7) is 2.08. The predicted molar refractivity (Wildman–Crippen MR) is 96.0 cm³/mol. The monoisotopic (exact) mass is 352 g/mol. The Morgan fingerprint density at radius 1 is 1.39 bits per heavy atom. The molecule has 2 saturated carbocycles. The van der Waals surface area contributed by atoms with Crippen molar-refractivity contribution in [2.45, 2.75) is 38.6 Å². The lowest BCUT2D eigenvalue weighted by atomic mass is 9.96. The lowest BCUT2D eigenvalue weighted by Gasteiger charge is -2.24. The quantitative estimate of drug-likeness (QED) is 0.633. The zero-order chi connectivity index (χ0) is 16.4. The van der Waals surface area contributed by atoms with E-state index in [9.17, 15) is 4.79 Å². The van der Waals surface area contributed by atoms with Crippen LogP contribution in [-0.2, 0) is 4.74 Å².